The minimum atomic E-state index is -0.445. The first-order valence-electron chi connectivity index (χ1n) is 10.8. The molecule has 0 saturated carbocycles. The number of benzene rings is 3. The number of rotatable bonds is 8. The van der Waals surface area contributed by atoms with Gasteiger partial charge in [0.1, 0.15) is 5.75 Å². The molecule has 1 aromatic heterocycles. The number of carbonyl (C=O) groups is 2. The van der Waals surface area contributed by atoms with E-state index in [1.165, 1.54) is 18.7 Å². The average molecular weight is 473 g/mol. The third-order valence-corrected chi connectivity index (χ3v) is 6.32. The fourth-order valence-corrected chi connectivity index (χ4v) is 4.20. The van der Waals surface area contributed by atoms with Gasteiger partial charge in [-0.3, -0.25) is 14.2 Å². The zero-order valence-electron chi connectivity index (χ0n) is 18.8. The van der Waals surface area contributed by atoms with Crippen LogP contribution >= 0.6 is 11.8 Å². The van der Waals surface area contributed by atoms with Crippen molar-refractivity contribution in [3.8, 4) is 17.1 Å². The summed E-state index contributed by atoms with van der Waals surface area (Å²) in [5.74, 6) is 0.623. The number of nitrogens with zero attached hydrogens (tertiary/aromatic N) is 3. The second-order valence-electron chi connectivity index (χ2n) is 7.81. The molecule has 0 fully saturated rings. The Morgan fingerprint density at radius 2 is 1.65 bits per heavy atom. The zero-order valence-corrected chi connectivity index (χ0v) is 19.6. The Balaban J connectivity index is 1.55. The van der Waals surface area contributed by atoms with Crippen molar-refractivity contribution in [3.63, 3.8) is 0 Å². The van der Waals surface area contributed by atoms with E-state index in [0.717, 1.165) is 11.1 Å². The SMILES string of the molecule is CC(=O)c1ccc(NC(=O)[C@@H](C)Sc2nnc(-c3ccc(O)cc3)n2Cc2ccccc2)cc1. The van der Waals surface area contributed by atoms with Crippen molar-refractivity contribution in [2.75, 3.05) is 5.32 Å². The molecule has 0 saturated heterocycles. The first-order chi connectivity index (χ1) is 16.4. The van der Waals surface area contributed by atoms with Crippen LogP contribution in [0.15, 0.2) is 84.0 Å². The third kappa shape index (κ3) is 5.52. The van der Waals surface area contributed by atoms with Gasteiger partial charge < -0.3 is 10.4 Å². The minimum absolute atomic E-state index is 0.0241. The highest BCUT2D eigenvalue weighted by Crippen LogP contribution is 2.29. The number of aromatic hydroxyl groups is 1. The van der Waals surface area contributed by atoms with Gasteiger partial charge in [-0.1, -0.05) is 42.1 Å². The lowest BCUT2D eigenvalue weighted by Crippen LogP contribution is -2.23. The summed E-state index contributed by atoms with van der Waals surface area (Å²) in [5.41, 5.74) is 3.11. The number of ketones is 1. The van der Waals surface area contributed by atoms with Crippen molar-refractivity contribution in [2.24, 2.45) is 0 Å². The smallest absolute Gasteiger partial charge is 0.237 e. The maximum atomic E-state index is 12.8. The molecule has 1 atom stereocenters. The highest BCUT2D eigenvalue weighted by molar-refractivity contribution is 8.00. The van der Waals surface area contributed by atoms with E-state index in [-0.39, 0.29) is 17.4 Å². The lowest BCUT2D eigenvalue weighted by Gasteiger charge is -2.14. The van der Waals surface area contributed by atoms with Crippen LogP contribution < -0.4 is 5.32 Å². The molecule has 172 valence electrons. The lowest BCUT2D eigenvalue weighted by atomic mass is 10.1. The van der Waals surface area contributed by atoms with Crippen LogP contribution in [0.5, 0.6) is 5.75 Å². The highest BCUT2D eigenvalue weighted by atomic mass is 32.2. The number of aromatic nitrogens is 3. The molecule has 7 nitrogen and oxygen atoms in total. The quantitative estimate of drug-likeness (QED) is 0.276. The summed E-state index contributed by atoms with van der Waals surface area (Å²) in [4.78, 5) is 24.3. The number of anilines is 1. The van der Waals surface area contributed by atoms with Crippen molar-refractivity contribution in [1.29, 1.82) is 0 Å². The average Bonchev–Trinajstić information content (AvgIpc) is 3.22. The summed E-state index contributed by atoms with van der Waals surface area (Å²) in [6.07, 6.45) is 0. The Bertz CT molecular complexity index is 1290. The number of phenols is 1. The van der Waals surface area contributed by atoms with E-state index in [0.29, 0.717) is 28.8 Å². The van der Waals surface area contributed by atoms with E-state index >= 15 is 0 Å². The highest BCUT2D eigenvalue weighted by Gasteiger charge is 2.21. The fourth-order valence-electron chi connectivity index (χ4n) is 3.35. The van der Waals surface area contributed by atoms with E-state index in [2.05, 4.69) is 15.5 Å². The molecule has 1 heterocycles. The van der Waals surface area contributed by atoms with Gasteiger partial charge in [-0.05, 0) is 67.9 Å². The summed E-state index contributed by atoms with van der Waals surface area (Å²) in [7, 11) is 0. The molecular weight excluding hydrogens is 448 g/mol. The number of Topliss-reactive ketones (excluding diaryl/α,β-unsaturated/α-hetero) is 1. The normalized spacial score (nSPS) is 11.7. The van der Waals surface area contributed by atoms with Crippen LogP contribution in [0.3, 0.4) is 0 Å². The summed E-state index contributed by atoms with van der Waals surface area (Å²) < 4.78 is 1.97. The third-order valence-electron chi connectivity index (χ3n) is 5.24. The van der Waals surface area contributed by atoms with Crippen LogP contribution in [0.25, 0.3) is 11.4 Å². The minimum Gasteiger partial charge on any atom is -0.508 e. The largest absolute Gasteiger partial charge is 0.508 e. The fraction of sp³-hybridized carbons (Fsp3) is 0.154. The maximum absolute atomic E-state index is 12.8. The summed E-state index contributed by atoms with van der Waals surface area (Å²) in [6, 6.07) is 23.6. The molecular formula is C26H24N4O3S. The van der Waals surface area contributed by atoms with E-state index in [1.54, 1.807) is 48.5 Å². The van der Waals surface area contributed by atoms with Crippen LogP contribution in [-0.2, 0) is 11.3 Å². The van der Waals surface area contributed by atoms with Gasteiger partial charge in [0.15, 0.2) is 16.8 Å². The second kappa shape index (κ2) is 10.4. The van der Waals surface area contributed by atoms with E-state index in [9.17, 15) is 14.7 Å². The zero-order chi connectivity index (χ0) is 24.1. The number of phenolic OH excluding ortho intramolecular Hbond substituents is 1. The van der Waals surface area contributed by atoms with Gasteiger partial charge in [0.05, 0.1) is 11.8 Å². The van der Waals surface area contributed by atoms with Crippen LogP contribution in [-0.4, -0.2) is 36.8 Å². The number of hydrogen-bond acceptors (Lipinski definition) is 6. The molecule has 34 heavy (non-hydrogen) atoms. The molecule has 0 spiro atoms. The van der Waals surface area contributed by atoms with Crippen molar-refractivity contribution in [3.05, 3.63) is 90.0 Å². The van der Waals surface area contributed by atoms with Gasteiger partial charge in [0.25, 0.3) is 0 Å². The van der Waals surface area contributed by atoms with Crippen molar-refractivity contribution in [1.82, 2.24) is 14.8 Å². The first-order valence-corrected chi connectivity index (χ1v) is 11.6. The standard InChI is InChI=1S/C26H24N4O3S/c1-17(31)20-8-12-22(13-9-20)27-25(33)18(2)34-26-29-28-24(21-10-14-23(32)15-11-21)30(26)16-19-6-4-3-5-7-19/h3-15,18,32H,16H2,1-2H3,(H,27,33)/t18-/m1/s1. The first kappa shape index (κ1) is 23.3. The topological polar surface area (TPSA) is 97.1 Å². The van der Waals surface area contributed by atoms with Crippen LogP contribution in [0.4, 0.5) is 5.69 Å². The van der Waals surface area contributed by atoms with Gasteiger partial charge in [-0.2, -0.15) is 0 Å². The summed E-state index contributed by atoms with van der Waals surface area (Å²) in [5, 5.41) is 21.5. The Kier molecular flexibility index (Phi) is 7.08. The molecule has 0 bridgehead atoms. The molecule has 1 amide bonds. The molecule has 0 aliphatic carbocycles. The Labute approximate surface area is 201 Å². The molecule has 4 aromatic rings. The van der Waals surface area contributed by atoms with Crippen LogP contribution in [0, 0.1) is 0 Å². The molecule has 0 radical (unpaired) electrons. The van der Waals surface area contributed by atoms with Gasteiger partial charge in [-0.25, -0.2) is 0 Å². The predicted octanol–water partition coefficient (Wildman–Crippen LogP) is 5.02. The Morgan fingerprint density at radius 1 is 0.971 bits per heavy atom. The molecule has 0 aliphatic heterocycles. The van der Waals surface area contributed by atoms with E-state index in [1.807, 2.05) is 41.8 Å². The number of hydrogen-bond donors (Lipinski definition) is 2. The van der Waals surface area contributed by atoms with Gasteiger partial charge in [0, 0.05) is 16.8 Å². The Hall–Kier alpha value is -3.91. The number of carbonyl (C=O) groups excluding carboxylic acids is 2. The summed E-state index contributed by atoms with van der Waals surface area (Å²) in [6.45, 7) is 3.85. The van der Waals surface area contributed by atoms with E-state index < -0.39 is 5.25 Å². The van der Waals surface area contributed by atoms with Gasteiger partial charge >= 0.3 is 0 Å². The van der Waals surface area contributed by atoms with Gasteiger partial charge in [-0.15, -0.1) is 10.2 Å². The van der Waals surface area contributed by atoms with Crippen LogP contribution in [0.1, 0.15) is 29.8 Å². The van der Waals surface area contributed by atoms with Crippen LogP contribution in [0.2, 0.25) is 0 Å². The van der Waals surface area contributed by atoms with Gasteiger partial charge in [0.2, 0.25) is 5.91 Å². The Morgan fingerprint density at radius 3 is 2.29 bits per heavy atom. The molecule has 0 unspecified atom stereocenters. The summed E-state index contributed by atoms with van der Waals surface area (Å²) >= 11 is 1.32. The second-order valence-corrected chi connectivity index (χ2v) is 9.12. The lowest BCUT2D eigenvalue weighted by molar-refractivity contribution is -0.115. The van der Waals surface area contributed by atoms with Crippen molar-refractivity contribution >= 4 is 29.1 Å². The number of nitrogens with one attached hydrogen (secondary N) is 1. The molecule has 8 heteroatoms. The van der Waals surface area contributed by atoms with Crippen molar-refractivity contribution in [2.45, 2.75) is 30.8 Å². The molecule has 4 rings (SSSR count). The maximum Gasteiger partial charge on any atom is 0.237 e. The molecule has 0 aliphatic rings. The predicted molar refractivity (Wildman–Crippen MR) is 133 cm³/mol. The number of thioether (sulfide) groups is 1. The molecule has 3 aromatic carbocycles. The monoisotopic (exact) mass is 472 g/mol. The van der Waals surface area contributed by atoms with Crippen molar-refractivity contribution < 1.29 is 14.7 Å². The molecule has 2 N–H and O–H groups in total. The van der Waals surface area contributed by atoms with E-state index in [4.69, 9.17) is 0 Å². The number of amides is 1.